The predicted octanol–water partition coefficient (Wildman–Crippen LogP) is 2.11. The quantitative estimate of drug-likeness (QED) is 0.874. The number of hydrogen-bond acceptors (Lipinski definition) is 3. The Balaban J connectivity index is 2.41. The molecular formula is C13H16BrFN2O3S. The molecule has 1 aromatic carbocycles. The van der Waals surface area contributed by atoms with Gasteiger partial charge < -0.3 is 4.90 Å². The lowest BCUT2D eigenvalue weighted by molar-refractivity contribution is 0.0781. The summed E-state index contributed by atoms with van der Waals surface area (Å²) in [4.78, 5) is 13.3. The zero-order valence-corrected chi connectivity index (χ0v) is 13.9. The Morgan fingerprint density at radius 2 is 2.19 bits per heavy atom. The van der Waals surface area contributed by atoms with Crippen LogP contribution >= 0.6 is 15.9 Å². The van der Waals surface area contributed by atoms with Crippen molar-refractivity contribution in [2.45, 2.75) is 24.7 Å². The monoisotopic (exact) mass is 378 g/mol. The van der Waals surface area contributed by atoms with E-state index in [2.05, 4.69) is 15.9 Å². The molecule has 2 rings (SSSR count). The van der Waals surface area contributed by atoms with E-state index in [1.165, 1.54) is 6.07 Å². The van der Waals surface area contributed by atoms with Gasteiger partial charge >= 0.3 is 0 Å². The number of amides is 1. The van der Waals surface area contributed by atoms with E-state index >= 15 is 0 Å². The Kier molecular flexibility index (Phi) is 4.69. The normalized spacial score (nSPS) is 19.0. The largest absolute Gasteiger partial charge is 0.338 e. The lowest BCUT2D eigenvalue weighted by Crippen LogP contribution is -2.30. The lowest BCUT2D eigenvalue weighted by atomic mass is 10.1. The molecule has 1 saturated heterocycles. The minimum Gasteiger partial charge on any atom is -0.338 e. The molecule has 1 aromatic rings. The Morgan fingerprint density at radius 3 is 2.71 bits per heavy atom. The van der Waals surface area contributed by atoms with Crippen LogP contribution in [0.4, 0.5) is 4.39 Å². The SMILES string of the molecule is CCC1CCN(C(=O)c2cc(Br)cc(S(N)(=O)=O)c2F)C1. The van der Waals surface area contributed by atoms with Crippen molar-refractivity contribution >= 4 is 31.9 Å². The van der Waals surface area contributed by atoms with Gasteiger partial charge in [-0.25, -0.2) is 17.9 Å². The molecule has 1 amide bonds. The average molecular weight is 379 g/mol. The highest BCUT2D eigenvalue weighted by Gasteiger charge is 2.30. The number of rotatable bonds is 3. The second kappa shape index (κ2) is 6.02. The van der Waals surface area contributed by atoms with Crippen molar-refractivity contribution in [1.82, 2.24) is 4.90 Å². The summed E-state index contributed by atoms with van der Waals surface area (Å²) in [5.74, 6) is -1.19. The number of sulfonamides is 1. The van der Waals surface area contributed by atoms with Gasteiger partial charge in [-0.3, -0.25) is 4.79 Å². The van der Waals surface area contributed by atoms with Crippen LogP contribution in [-0.4, -0.2) is 32.3 Å². The molecule has 1 aliphatic heterocycles. The molecule has 0 aromatic heterocycles. The first-order valence-corrected chi connectivity index (χ1v) is 8.89. The van der Waals surface area contributed by atoms with Gasteiger partial charge in [0.2, 0.25) is 10.0 Å². The molecule has 1 unspecified atom stereocenters. The molecule has 0 bridgehead atoms. The number of hydrogen-bond donors (Lipinski definition) is 1. The number of primary sulfonamides is 1. The fourth-order valence-electron chi connectivity index (χ4n) is 2.45. The van der Waals surface area contributed by atoms with E-state index in [4.69, 9.17) is 5.14 Å². The van der Waals surface area contributed by atoms with Gasteiger partial charge in [0, 0.05) is 17.6 Å². The third-order valence-electron chi connectivity index (χ3n) is 3.69. The molecule has 2 N–H and O–H groups in total. The van der Waals surface area contributed by atoms with Crippen molar-refractivity contribution in [3.05, 3.63) is 28.0 Å². The summed E-state index contributed by atoms with van der Waals surface area (Å²) < 4.78 is 37.4. The van der Waals surface area contributed by atoms with Crippen molar-refractivity contribution < 1.29 is 17.6 Å². The highest BCUT2D eigenvalue weighted by molar-refractivity contribution is 9.10. The molecule has 1 aliphatic rings. The first-order valence-electron chi connectivity index (χ1n) is 6.55. The molecule has 116 valence electrons. The van der Waals surface area contributed by atoms with Gasteiger partial charge in [-0.15, -0.1) is 0 Å². The summed E-state index contributed by atoms with van der Waals surface area (Å²) in [7, 11) is -4.23. The number of nitrogens with zero attached hydrogens (tertiary/aromatic N) is 1. The third-order valence-corrected chi connectivity index (χ3v) is 5.06. The summed E-state index contributed by atoms with van der Waals surface area (Å²) in [5, 5.41) is 4.98. The maximum absolute atomic E-state index is 14.3. The van der Waals surface area contributed by atoms with Gasteiger partial charge in [-0.1, -0.05) is 29.3 Å². The van der Waals surface area contributed by atoms with Gasteiger partial charge in [-0.05, 0) is 24.5 Å². The molecule has 1 fully saturated rings. The number of likely N-dealkylation sites (tertiary alicyclic amines) is 1. The standard InChI is InChI=1S/C13H16BrFN2O3S/c1-2-8-3-4-17(7-8)13(18)10-5-9(14)6-11(12(10)15)21(16,19)20/h5-6,8H,2-4,7H2,1H3,(H2,16,19,20). The summed E-state index contributed by atoms with van der Waals surface area (Å²) in [6, 6.07) is 2.34. The lowest BCUT2D eigenvalue weighted by Gasteiger charge is -2.17. The number of carbonyl (C=O) groups excluding carboxylic acids is 1. The van der Waals surface area contributed by atoms with Crippen LogP contribution in [0.1, 0.15) is 30.1 Å². The van der Waals surface area contributed by atoms with Gasteiger partial charge in [0.25, 0.3) is 5.91 Å². The fraction of sp³-hybridized carbons (Fsp3) is 0.462. The molecular weight excluding hydrogens is 363 g/mol. The van der Waals surface area contributed by atoms with Crippen LogP contribution in [0.2, 0.25) is 0 Å². The van der Waals surface area contributed by atoms with E-state index in [0.717, 1.165) is 18.9 Å². The minimum absolute atomic E-state index is 0.273. The molecule has 0 aliphatic carbocycles. The Hall–Kier alpha value is -0.990. The summed E-state index contributed by atoms with van der Waals surface area (Å²) >= 11 is 3.08. The average Bonchev–Trinajstić information content (AvgIpc) is 2.87. The van der Waals surface area contributed by atoms with Gasteiger partial charge in [0.15, 0.2) is 5.82 Å². The summed E-state index contributed by atoms with van der Waals surface area (Å²) in [6.45, 7) is 3.15. The molecule has 0 spiro atoms. The number of halogens is 2. The van der Waals surface area contributed by atoms with E-state index < -0.39 is 26.6 Å². The van der Waals surface area contributed by atoms with Crippen LogP contribution < -0.4 is 5.14 Å². The molecule has 0 saturated carbocycles. The number of benzene rings is 1. The zero-order valence-electron chi connectivity index (χ0n) is 11.5. The van der Waals surface area contributed by atoms with Crippen molar-refractivity contribution in [2.75, 3.05) is 13.1 Å². The maximum atomic E-state index is 14.3. The van der Waals surface area contributed by atoms with Gasteiger partial charge in [-0.2, -0.15) is 0 Å². The first-order chi connectivity index (χ1) is 9.74. The molecule has 1 heterocycles. The van der Waals surface area contributed by atoms with Crippen LogP contribution in [0, 0.1) is 11.7 Å². The minimum atomic E-state index is -4.23. The van der Waals surface area contributed by atoms with Crippen LogP contribution in [0.3, 0.4) is 0 Å². The smallest absolute Gasteiger partial charge is 0.256 e. The number of nitrogens with two attached hydrogens (primary N) is 1. The molecule has 8 heteroatoms. The predicted molar refractivity (Wildman–Crippen MR) is 79.8 cm³/mol. The molecule has 1 atom stereocenters. The Morgan fingerprint density at radius 1 is 1.52 bits per heavy atom. The second-order valence-corrected chi connectivity index (χ2v) is 7.57. The Labute approximate surface area is 131 Å². The van der Waals surface area contributed by atoms with Crippen molar-refractivity contribution in [1.29, 1.82) is 0 Å². The third kappa shape index (κ3) is 3.44. The van der Waals surface area contributed by atoms with E-state index in [9.17, 15) is 17.6 Å². The van der Waals surface area contributed by atoms with E-state index in [1.807, 2.05) is 6.92 Å². The van der Waals surface area contributed by atoms with Crippen LogP contribution in [-0.2, 0) is 10.0 Å². The van der Waals surface area contributed by atoms with Crippen LogP contribution in [0.5, 0.6) is 0 Å². The van der Waals surface area contributed by atoms with Crippen LogP contribution in [0.15, 0.2) is 21.5 Å². The highest BCUT2D eigenvalue weighted by Crippen LogP contribution is 2.27. The maximum Gasteiger partial charge on any atom is 0.256 e. The zero-order chi connectivity index (χ0) is 15.8. The van der Waals surface area contributed by atoms with E-state index in [1.54, 1.807) is 4.90 Å². The fourth-order valence-corrected chi connectivity index (χ4v) is 3.71. The molecule has 0 radical (unpaired) electrons. The Bertz CT molecular complexity index is 678. The van der Waals surface area contributed by atoms with Crippen molar-refractivity contribution in [3.8, 4) is 0 Å². The summed E-state index contributed by atoms with van der Waals surface area (Å²) in [6.07, 6.45) is 1.83. The number of carbonyl (C=O) groups is 1. The van der Waals surface area contributed by atoms with E-state index in [0.29, 0.717) is 23.5 Å². The van der Waals surface area contributed by atoms with E-state index in [-0.39, 0.29) is 5.56 Å². The first kappa shape index (κ1) is 16.4. The van der Waals surface area contributed by atoms with Crippen LogP contribution in [0.25, 0.3) is 0 Å². The van der Waals surface area contributed by atoms with Crippen molar-refractivity contribution in [3.63, 3.8) is 0 Å². The van der Waals surface area contributed by atoms with Gasteiger partial charge in [0.05, 0.1) is 5.56 Å². The van der Waals surface area contributed by atoms with Crippen molar-refractivity contribution in [2.24, 2.45) is 11.1 Å². The topological polar surface area (TPSA) is 80.5 Å². The molecule has 21 heavy (non-hydrogen) atoms. The second-order valence-electron chi connectivity index (χ2n) is 5.12. The summed E-state index contributed by atoms with van der Waals surface area (Å²) in [5.41, 5.74) is -0.273. The molecule has 5 nitrogen and oxygen atoms in total. The van der Waals surface area contributed by atoms with Gasteiger partial charge in [0.1, 0.15) is 4.90 Å². The highest BCUT2D eigenvalue weighted by atomic mass is 79.9.